The van der Waals surface area contributed by atoms with Crippen molar-refractivity contribution < 1.29 is 14.7 Å². The lowest BCUT2D eigenvalue weighted by atomic mass is 9.96. The number of aliphatic hydroxyl groups is 1. The number of aryl methyl sites for hydroxylation is 1. The molecule has 2 aromatic carbocycles. The number of hydrogen-bond acceptors (Lipinski definition) is 4. The zero-order valence-corrected chi connectivity index (χ0v) is 17.9. The van der Waals surface area contributed by atoms with Gasteiger partial charge in [0.15, 0.2) is 11.5 Å². The van der Waals surface area contributed by atoms with Gasteiger partial charge in [0, 0.05) is 22.0 Å². The van der Waals surface area contributed by atoms with Gasteiger partial charge in [-0.15, -0.1) is 11.3 Å². The summed E-state index contributed by atoms with van der Waals surface area (Å²) in [6.07, 6.45) is 0.749. The number of rotatable bonds is 6. The molecule has 4 rings (SSSR count). The van der Waals surface area contributed by atoms with E-state index >= 15 is 0 Å². The molecule has 2 heterocycles. The fourth-order valence-electron chi connectivity index (χ4n) is 3.75. The standard InChI is InChI=1S/C24H20ClNO3S/c1-15-17(25)9-5-10-18(15)26-22(20-11-6-14-30-20)21(23(28)24(26)29)19(27)13-12-16-7-3-2-4-8-16/h2-11,14,22,28H,12-13H2,1H3. The fourth-order valence-corrected chi connectivity index (χ4v) is 4.74. The highest BCUT2D eigenvalue weighted by molar-refractivity contribution is 7.10. The summed E-state index contributed by atoms with van der Waals surface area (Å²) in [5.41, 5.74) is 2.49. The van der Waals surface area contributed by atoms with Gasteiger partial charge in [-0.2, -0.15) is 0 Å². The maximum Gasteiger partial charge on any atom is 0.294 e. The van der Waals surface area contributed by atoms with Crippen LogP contribution in [0.4, 0.5) is 5.69 Å². The molecule has 1 amide bonds. The van der Waals surface area contributed by atoms with Crippen LogP contribution < -0.4 is 4.90 Å². The fraction of sp³-hybridized carbons (Fsp3) is 0.167. The number of amides is 1. The smallest absolute Gasteiger partial charge is 0.294 e. The molecule has 0 saturated carbocycles. The lowest BCUT2D eigenvalue weighted by Crippen LogP contribution is -2.31. The van der Waals surface area contributed by atoms with Crippen LogP contribution in [-0.4, -0.2) is 16.8 Å². The van der Waals surface area contributed by atoms with Crippen molar-refractivity contribution in [3.8, 4) is 0 Å². The second kappa shape index (κ2) is 8.46. The third-order valence-electron chi connectivity index (χ3n) is 5.30. The minimum absolute atomic E-state index is 0.151. The Morgan fingerprint density at radius 1 is 1.10 bits per heavy atom. The van der Waals surface area contributed by atoms with E-state index in [0.717, 1.165) is 16.0 Å². The molecule has 3 aromatic rings. The Bertz CT molecular complexity index is 1120. The maximum absolute atomic E-state index is 13.2. The van der Waals surface area contributed by atoms with Gasteiger partial charge in [-0.1, -0.05) is 54.1 Å². The Morgan fingerprint density at radius 3 is 2.57 bits per heavy atom. The van der Waals surface area contributed by atoms with Gasteiger partial charge in [-0.3, -0.25) is 14.5 Å². The first-order valence-electron chi connectivity index (χ1n) is 9.61. The van der Waals surface area contributed by atoms with E-state index in [1.165, 1.54) is 16.2 Å². The SMILES string of the molecule is Cc1c(Cl)cccc1N1C(=O)C(O)=C(C(=O)CCc2ccccc2)C1c1cccs1. The molecule has 1 aliphatic heterocycles. The highest BCUT2D eigenvalue weighted by Crippen LogP contribution is 2.44. The molecule has 0 bridgehead atoms. The molecular formula is C24H20ClNO3S. The van der Waals surface area contributed by atoms with Crippen LogP contribution >= 0.6 is 22.9 Å². The Morgan fingerprint density at radius 2 is 1.87 bits per heavy atom. The van der Waals surface area contributed by atoms with Crippen LogP contribution in [0.15, 0.2) is 77.4 Å². The van der Waals surface area contributed by atoms with E-state index in [0.29, 0.717) is 17.1 Å². The number of halogens is 1. The number of benzene rings is 2. The van der Waals surface area contributed by atoms with Crippen molar-refractivity contribution in [2.24, 2.45) is 0 Å². The van der Waals surface area contributed by atoms with Crippen LogP contribution in [0, 0.1) is 6.92 Å². The minimum atomic E-state index is -0.669. The van der Waals surface area contributed by atoms with Crippen LogP contribution in [0.2, 0.25) is 5.02 Å². The Balaban J connectivity index is 1.72. The summed E-state index contributed by atoms with van der Waals surface area (Å²) in [7, 11) is 0. The van der Waals surface area contributed by atoms with Gasteiger partial charge >= 0.3 is 0 Å². The van der Waals surface area contributed by atoms with Gasteiger partial charge in [-0.05, 0) is 48.1 Å². The Labute approximate surface area is 184 Å². The van der Waals surface area contributed by atoms with E-state index in [4.69, 9.17) is 11.6 Å². The van der Waals surface area contributed by atoms with Gasteiger partial charge in [0.1, 0.15) is 6.04 Å². The highest BCUT2D eigenvalue weighted by atomic mass is 35.5. The van der Waals surface area contributed by atoms with E-state index < -0.39 is 17.7 Å². The number of aliphatic hydroxyl groups excluding tert-OH is 1. The van der Waals surface area contributed by atoms with Crippen LogP contribution in [0.3, 0.4) is 0 Å². The number of hydrogen-bond donors (Lipinski definition) is 1. The minimum Gasteiger partial charge on any atom is -0.503 e. The molecule has 0 fully saturated rings. The van der Waals surface area contributed by atoms with E-state index in [1.807, 2.05) is 54.8 Å². The lowest BCUT2D eigenvalue weighted by molar-refractivity contribution is -0.118. The zero-order chi connectivity index (χ0) is 21.3. The van der Waals surface area contributed by atoms with Gasteiger partial charge in [0.2, 0.25) is 0 Å². The van der Waals surface area contributed by atoms with Crippen molar-refractivity contribution in [3.63, 3.8) is 0 Å². The normalized spacial score (nSPS) is 16.4. The first-order chi connectivity index (χ1) is 14.5. The number of carbonyl (C=O) groups is 2. The number of Topliss-reactive ketones (excluding diaryl/α,β-unsaturated/α-hetero) is 1. The Hall–Kier alpha value is -2.89. The predicted molar refractivity (Wildman–Crippen MR) is 120 cm³/mol. The van der Waals surface area contributed by atoms with Crippen molar-refractivity contribution in [3.05, 3.63) is 98.4 Å². The topological polar surface area (TPSA) is 57.6 Å². The maximum atomic E-state index is 13.2. The molecule has 6 heteroatoms. The van der Waals surface area contributed by atoms with Crippen molar-refractivity contribution in [1.29, 1.82) is 0 Å². The van der Waals surface area contributed by atoms with E-state index in [9.17, 15) is 14.7 Å². The first kappa shape index (κ1) is 20.4. The van der Waals surface area contributed by atoms with Gasteiger partial charge < -0.3 is 5.11 Å². The average molecular weight is 438 g/mol. The molecule has 1 atom stereocenters. The Kier molecular flexibility index (Phi) is 5.75. The number of anilines is 1. The summed E-state index contributed by atoms with van der Waals surface area (Å²) in [5, 5.41) is 13.1. The molecule has 1 aliphatic rings. The summed E-state index contributed by atoms with van der Waals surface area (Å²) in [6, 6.07) is 18.1. The summed E-state index contributed by atoms with van der Waals surface area (Å²) in [5.74, 6) is -1.29. The molecule has 4 nitrogen and oxygen atoms in total. The van der Waals surface area contributed by atoms with Crippen LogP contribution in [-0.2, 0) is 16.0 Å². The monoisotopic (exact) mass is 437 g/mol. The molecule has 1 aromatic heterocycles. The van der Waals surface area contributed by atoms with E-state index in [2.05, 4.69) is 0 Å². The van der Waals surface area contributed by atoms with Gasteiger partial charge in [0.25, 0.3) is 5.91 Å². The van der Waals surface area contributed by atoms with Crippen molar-refractivity contribution in [2.75, 3.05) is 4.90 Å². The predicted octanol–water partition coefficient (Wildman–Crippen LogP) is 5.81. The average Bonchev–Trinajstić information content (AvgIpc) is 3.37. The molecule has 152 valence electrons. The molecule has 0 spiro atoms. The number of ketones is 1. The number of thiophene rings is 1. The molecule has 0 aliphatic carbocycles. The largest absolute Gasteiger partial charge is 0.503 e. The first-order valence-corrected chi connectivity index (χ1v) is 10.9. The van der Waals surface area contributed by atoms with Gasteiger partial charge in [-0.25, -0.2) is 0 Å². The third kappa shape index (κ3) is 3.66. The summed E-state index contributed by atoms with van der Waals surface area (Å²) in [6.45, 7) is 1.82. The van der Waals surface area contributed by atoms with E-state index in [-0.39, 0.29) is 17.8 Å². The third-order valence-corrected chi connectivity index (χ3v) is 6.64. The molecule has 1 N–H and O–H groups in total. The summed E-state index contributed by atoms with van der Waals surface area (Å²) >= 11 is 7.73. The summed E-state index contributed by atoms with van der Waals surface area (Å²) < 4.78 is 0. The molecule has 0 radical (unpaired) electrons. The highest BCUT2D eigenvalue weighted by Gasteiger charge is 2.45. The van der Waals surface area contributed by atoms with Crippen molar-refractivity contribution in [1.82, 2.24) is 0 Å². The molecule has 0 saturated heterocycles. The van der Waals surface area contributed by atoms with Crippen LogP contribution in [0.25, 0.3) is 0 Å². The van der Waals surface area contributed by atoms with E-state index in [1.54, 1.807) is 18.2 Å². The second-order valence-corrected chi connectivity index (χ2v) is 8.53. The lowest BCUT2D eigenvalue weighted by Gasteiger charge is -2.27. The summed E-state index contributed by atoms with van der Waals surface area (Å²) in [4.78, 5) is 28.6. The number of carbonyl (C=O) groups excluding carboxylic acids is 2. The zero-order valence-electron chi connectivity index (χ0n) is 16.3. The molecule has 30 heavy (non-hydrogen) atoms. The molecule has 1 unspecified atom stereocenters. The second-order valence-electron chi connectivity index (χ2n) is 7.15. The van der Waals surface area contributed by atoms with Crippen LogP contribution in [0.1, 0.15) is 28.5 Å². The van der Waals surface area contributed by atoms with Crippen molar-refractivity contribution >= 4 is 40.3 Å². The van der Waals surface area contributed by atoms with Crippen LogP contribution in [0.5, 0.6) is 0 Å². The molecular weight excluding hydrogens is 418 g/mol. The van der Waals surface area contributed by atoms with Gasteiger partial charge in [0.05, 0.1) is 5.57 Å². The van der Waals surface area contributed by atoms with Crippen molar-refractivity contribution in [2.45, 2.75) is 25.8 Å². The number of nitrogens with zero attached hydrogens (tertiary/aromatic N) is 1. The quantitative estimate of drug-likeness (QED) is 0.529.